The van der Waals surface area contributed by atoms with Gasteiger partial charge in [-0.15, -0.1) is 0 Å². The molecule has 2 aromatic rings. The number of carbonyl (C=O) groups is 1. The molecule has 5 nitrogen and oxygen atoms in total. The van der Waals surface area contributed by atoms with Gasteiger partial charge >= 0.3 is 6.03 Å². The summed E-state index contributed by atoms with van der Waals surface area (Å²) in [5.41, 5.74) is 2.60. The van der Waals surface area contributed by atoms with Crippen LogP contribution in [0.5, 0.6) is 11.5 Å². The van der Waals surface area contributed by atoms with E-state index in [2.05, 4.69) is 12.2 Å². The van der Waals surface area contributed by atoms with Gasteiger partial charge in [-0.3, -0.25) is 4.90 Å². The number of methoxy groups -OCH3 is 1. The molecule has 24 heavy (non-hydrogen) atoms. The minimum Gasteiger partial charge on any atom is -0.497 e. The Balaban J connectivity index is 1.87. The third-order valence-corrected chi connectivity index (χ3v) is 4.11. The second-order valence-electron chi connectivity index (χ2n) is 5.89. The first-order chi connectivity index (χ1) is 11.6. The Bertz CT molecular complexity index is 745. The summed E-state index contributed by atoms with van der Waals surface area (Å²) in [6.07, 6.45) is 0.840. The lowest BCUT2D eigenvalue weighted by Gasteiger charge is -2.34. The summed E-state index contributed by atoms with van der Waals surface area (Å²) in [5, 5.41) is 2.94. The van der Waals surface area contributed by atoms with Crippen LogP contribution in [-0.4, -0.2) is 25.8 Å². The maximum Gasteiger partial charge on any atom is 0.326 e. The quantitative estimate of drug-likeness (QED) is 0.919. The fourth-order valence-electron chi connectivity index (χ4n) is 2.75. The predicted molar refractivity (Wildman–Crippen MR) is 95.2 cm³/mol. The van der Waals surface area contributed by atoms with Crippen molar-refractivity contribution in [3.8, 4) is 11.5 Å². The van der Waals surface area contributed by atoms with E-state index in [4.69, 9.17) is 9.47 Å². The van der Waals surface area contributed by atoms with Gasteiger partial charge in [-0.2, -0.15) is 0 Å². The highest BCUT2D eigenvalue weighted by molar-refractivity contribution is 6.03. The lowest BCUT2D eigenvalue weighted by molar-refractivity contribution is 0.188. The average molecular weight is 326 g/mol. The molecule has 1 aliphatic heterocycles. The van der Waals surface area contributed by atoms with E-state index in [-0.39, 0.29) is 12.1 Å². The Labute approximate surface area is 142 Å². The molecule has 0 saturated carbocycles. The molecule has 0 radical (unpaired) electrons. The van der Waals surface area contributed by atoms with E-state index in [1.54, 1.807) is 18.1 Å². The molecule has 2 amide bonds. The fourth-order valence-corrected chi connectivity index (χ4v) is 2.75. The summed E-state index contributed by atoms with van der Waals surface area (Å²) in [5.74, 6) is 1.46. The summed E-state index contributed by atoms with van der Waals surface area (Å²) in [4.78, 5) is 14.6. The van der Waals surface area contributed by atoms with Crippen LogP contribution in [0.25, 0.3) is 0 Å². The lowest BCUT2D eigenvalue weighted by Crippen LogP contribution is -2.45. The van der Waals surface area contributed by atoms with Crippen LogP contribution in [0.1, 0.15) is 18.9 Å². The van der Waals surface area contributed by atoms with E-state index in [1.807, 2.05) is 43.3 Å². The van der Waals surface area contributed by atoms with Gasteiger partial charge in [-0.1, -0.05) is 19.1 Å². The number of nitrogens with one attached hydrogen (secondary N) is 1. The number of nitrogens with zero attached hydrogens (tertiary/aromatic N) is 1. The Morgan fingerprint density at radius 1 is 1.33 bits per heavy atom. The maximum atomic E-state index is 12.8. The molecule has 2 aromatic carbocycles. The molecule has 1 N–H and O–H groups in total. The number of ether oxygens (including phenoxy) is 2. The second kappa shape index (κ2) is 6.83. The van der Waals surface area contributed by atoms with E-state index < -0.39 is 0 Å². The van der Waals surface area contributed by atoms with Crippen molar-refractivity contribution in [2.45, 2.75) is 26.4 Å². The number of aryl methyl sites for hydroxylation is 1. The van der Waals surface area contributed by atoms with Crippen LogP contribution < -0.4 is 19.7 Å². The second-order valence-corrected chi connectivity index (χ2v) is 5.89. The standard InChI is InChI=1S/C19H22N2O3/c1-4-15-12-21(17-10-13(2)8-9-18(17)24-15)19(22)20-14-6-5-7-16(11-14)23-3/h5-11,15H,4,12H2,1-3H3,(H,20,22)/t15-/m1/s1. The van der Waals surface area contributed by atoms with E-state index in [0.717, 1.165) is 23.4 Å². The third-order valence-electron chi connectivity index (χ3n) is 4.11. The number of carbonyl (C=O) groups excluding carboxylic acids is 1. The number of hydrogen-bond donors (Lipinski definition) is 1. The highest BCUT2D eigenvalue weighted by atomic mass is 16.5. The number of amides is 2. The number of fused-ring (bicyclic) bond motifs is 1. The van der Waals surface area contributed by atoms with Crippen LogP contribution in [0.4, 0.5) is 16.2 Å². The molecule has 0 aliphatic carbocycles. The summed E-state index contributed by atoms with van der Waals surface area (Å²) in [6.45, 7) is 4.59. The van der Waals surface area contributed by atoms with Gasteiger partial charge in [0.05, 0.1) is 19.3 Å². The molecule has 0 spiro atoms. The van der Waals surface area contributed by atoms with Crippen LogP contribution in [0.2, 0.25) is 0 Å². The first-order valence-electron chi connectivity index (χ1n) is 8.10. The third kappa shape index (κ3) is 3.30. The van der Waals surface area contributed by atoms with Crippen LogP contribution in [0, 0.1) is 6.92 Å². The number of benzene rings is 2. The number of rotatable bonds is 3. The van der Waals surface area contributed by atoms with E-state index in [9.17, 15) is 4.79 Å². The molecule has 0 fully saturated rings. The first kappa shape index (κ1) is 16.2. The molecule has 0 unspecified atom stereocenters. The SMILES string of the molecule is CC[C@@H]1CN(C(=O)Nc2cccc(OC)c2)c2cc(C)ccc2O1. The number of urea groups is 1. The summed E-state index contributed by atoms with van der Waals surface area (Å²) in [6, 6.07) is 13.1. The maximum absolute atomic E-state index is 12.8. The molecule has 1 aliphatic rings. The molecule has 1 atom stereocenters. The highest BCUT2D eigenvalue weighted by Crippen LogP contribution is 2.35. The van der Waals surface area contributed by atoms with Crippen molar-refractivity contribution in [2.24, 2.45) is 0 Å². The van der Waals surface area contributed by atoms with Crippen molar-refractivity contribution in [2.75, 3.05) is 23.9 Å². The Morgan fingerprint density at radius 2 is 2.17 bits per heavy atom. The predicted octanol–water partition coefficient (Wildman–Crippen LogP) is 4.21. The highest BCUT2D eigenvalue weighted by Gasteiger charge is 2.29. The molecule has 3 rings (SSSR count). The van der Waals surface area contributed by atoms with Crippen molar-refractivity contribution in [1.29, 1.82) is 0 Å². The van der Waals surface area contributed by atoms with Gasteiger partial charge < -0.3 is 14.8 Å². The van der Waals surface area contributed by atoms with Gasteiger partial charge in [0.25, 0.3) is 0 Å². The van der Waals surface area contributed by atoms with Gasteiger partial charge in [0, 0.05) is 11.8 Å². The number of anilines is 2. The zero-order chi connectivity index (χ0) is 17.1. The van der Waals surface area contributed by atoms with Gasteiger partial charge in [-0.25, -0.2) is 4.79 Å². The van der Waals surface area contributed by atoms with Crippen LogP contribution in [0.3, 0.4) is 0 Å². The Hall–Kier alpha value is -2.69. The largest absolute Gasteiger partial charge is 0.497 e. The monoisotopic (exact) mass is 326 g/mol. The molecule has 1 heterocycles. The first-order valence-corrected chi connectivity index (χ1v) is 8.10. The summed E-state index contributed by atoms with van der Waals surface area (Å²) < 4.78 is 11.2. The van der Waals surface area contributed by atoms with E-state index >= 15 is 0 Å². The van der Waals surface area contributed by atoms with Gasteiger partial charge in [-0.05, 0) is 43.2 Å². The lowest BCUT2D eigenvalue weighted by atomic mass is 10.1. The minimum atomic E-state index is -0.170. The van der Waals surface area contributed by atoms with Crippen molar-refractivity contribution in [3.05, 3.63) is 48.0 Å². The smallest absolute Gasteiger partial charge is 0.326 e. The van der Waals surface area contributed by atoms with Crippen LogP contribution in [0.15, 0.2) is 42.5 Å². The average Bonchev–Trinajstić information content (AvgIpc) is 2.60. The summed E-state index contributed by atoms with van der Waals surface area (Å²) in [7, 11) is 1.60. The van der Waals surface area contributed by atoms with Crippen LogP contribution in [-0.2, 0) is 0 Å². The van der Waals surface area contributed by atoms with E-state index in [1.165, 1.54) is 0 Å². The van der Waals surface area contributed by atoms with Crippen LogP contribution >= 0.6 is 0 Å². The zero-order valence-electron chi connectivity index (χ0n) is 14.2. The molecule has 5 heteroatoms. The molecular formula is C19H22N2O3. The number of hydrogen-bond acceptors (Lipinski definition) is 3. The van der Waals surface area contributed by atoms with Crippen molar-refractivity contribution in [1.82, 2.24) is 0 Å². The Kier molecular flexibility index (Phi) is 4.60. The normalized spacial score (nSPS) is 16.1. The van der Waals surface area contributed by atoms with Crippen molar-refractivity contribution in [3.63, 3.8) is 0 Å². The van der Waals surface area contributed by atoms with Gasteiger partial charge in [0.2, 0.25) is 0 Å². The molecule has 126 valence electrons. The zero-order valence-corrected chi connectivity index (χ0v) is 14.2. The Morgan fingerprint density at radius 3 is 2.92 bits per heavy atom. The van der Waals surface area contributed by atoms with Gasteiger partial charge in [0.15, 0.2) is 0 Å². The van der Waals surface area contributed by atoms with Crippen molar-refractivity contribution >= 4 is 17.4 Å². The summed E-state index contributed by atoms with van der Waals surface area (Å²) >= 11 is 0. The van der Waals surface area contributed by atoms with Crippen molar-refractivity contribution < 1.29 is 14.3 Å². The van der Waals surface area contributed by atoms with Gasteiger partial charge in [0.1, 0.15) is 17.6 Å². The minimum absolute atomic E-state index is 0.00346. The molecular weight excluding hydrogens is 304 g/mol. The molecule has 0 bridgehead atoms. The fraction of sp³-hybridized carbons (Fsp3) is 0.316. The molecule has 0 aromatic heterocycles. The topological polar surface area (TPSA) is 50.8 Å². The van der Waals surface area contributed by atoms with E-state index in [0.29, 0.717) is 18.0 Å². The molecule has 0 saturated heterocycles.